The number of hydrogen-bond acceptors (Lipinski definition) is 5. The summed E-state index contributed by atoms with van der Waals surface area (Å²) < 4.78 is 15.4. The minimum Gasteiger partial charge on any atom is -0.504 e. The number of phenolic OH excluding ortho intramolecular Hbond substituents is 1. The Morgan fingerprint density at radius 1 is 1.22 bits per heavy atom. The van der Waals surface area contributed by atoms with E-state index in [4.69, 9.17) is 14.2 Å². The van der Waals surface area contributed by atoms with Crippen LogP contribution in [0, 0.1) is 0 Å². The maximum Gasteiger partial charge on any atom is 0.171 e. The first kappa shape index (κ1) is 14.8. The first-order valence-electron chi connectivity index (χ1n) is 5.77. The Morgan fingerprint density at radius 2 is 1.89 bits per heavy atom. The van der Waals surface area contributed by atoms with Gasteiger partial charge in [-0.3, -0.25) is 0 Å². The molecule has 1 rings (SSSR count). The van der Waals surface area contributed by atoms with E-state index in [1.54, 1.807) is 20.3 Å². The molecule has 0 heterocycles. The molecule has 0 amide bonds. The second-order valence-corrected chi connectivity index (χ2v) is 3.98. The van der Waals surface area contributed by atoms with Gasteiger partial charge in [-0.1, -0.05) is 12.1 Å². The highest BCUT2D eigenvalue weighted by Crippen LogP contribution is 2.29. The molecule has 0 aliphatic rings. The molecule has 18 heavy (non-hydrogen) atoms. The molecule has 0 fully saturated rings. The number of nitrogens with one attached hydrogen (secondary N) is 1. The number of methoxy groups -OCH3 is 3. The predicted molar refractivity (Wildman–Crippen MR) is 68.8 cm³/mol. The molecule has 1 aromatic rings. The van der Waals surface area contributed by atoms with Gasteiger partial charge in [0, 0.05) is 26.3 Å². The lowest BCUT2D eigenvalue weighted by Gasteiger charge is -2.22. The summed E-state index contributed by atoms with van der Waals surface area (Å²) in [5.41, 5.74) is 0.771. The zero-order chi connectivity index (χ0) is 13.5. The molecule has 0 saturated carbocycles. The summed E-state index contributed by atoms with van der Waals surface area (Å²) in [6.45, 7) is 2.46. The molecule has 5 nitrogen and oxygen atoms in total. The highest BCUT2D eigenvalue weighted by atomic mass is 16.7. The lowest BCUT2D eigenvalue weighted by atomic mass is 10.1. The Bertz CT molecular complexity index is 366. The minimum absolute atomic E-state index is 0.00519. The van der Waals surface area contributed by atoms with Crippen molar-refractivity contribution in [2.45, 2.75) is 25.8 Å². The third-order valence-corrected chi connectivity index (χ3v) is 2.79. The molecule has 1 atom stereocenters. The van der Waals surface area contributed by atoms with Gasteiger partial charge in [0.2, 0.25) is 0 Å². The van der Waals surface area contributed by atoms with Gasteiger partial charge < -0.3 is 24.6 Å². The molecule has 0 aromatic heterocycles. The summed E-state index contributed by atoms with van der Waals surface area (Å²) in [6, 6.07) is 5.40. The zero-order valence-electron chi connectivity index (χ0n) is 11.3. The largest absolute Gasteiger partial charge is 0.504 e. The van der Waals surface area contributed by atoms with E-state index in [0.29, 0.717) is 12.3 Å². The van der Waals surface area contributed by atoms with Crippen molar-refractivity contribution in [1.82, 2.24) is 5.32 Å². The fourth-order valence-corrected chi connectivity index (χ4v) is 1.75. The summed E-state index contributed by atoms with van der Waals surface area (Å²) in [4.78, 5) is 0. The topological polar surface area (TPSA) is 60.0 Å². The second kappa shape index (κ2) is 7.20. The van der Waals surface area contributed by atoms with Gasteiger partial charge in [-0.25, -0.2) is 0 Å². The van der Waals surface area contributed by atoms with Gasteiger partial charge in [-0.05, 0) is 13.0 Å². The zero-order valence-corrected chi connectivity index (χ0v) is 11.3. The lowest BCUT2D eigenvalue weighted by molar-refractivity contribution is -0.119. The molecule has 0 aliphatic carbocycles. The quantitative estimate of drug-likeness (QED) is 0.723. The van der Waals surface area contributed by atoms with Crippen molar-refractivity contribution in [3.63, 3.8) is 0 Å². The molecule has 0 spiro atoms. The molecule has 1 unspecified atom stereocenters. The summed E-state index contributed by atoms with van der Waals surface area (Å²) in [6.07, 6.45) is -0.322. The van der Waals surface area contributed by atoms with E-state index in [-0.39, 0.29) is 18.1 Å². The Morgan fingerprint density at radius 3 is 2.44 bits per heavy atom. The van der Waals surface area contributed by atoms with E-state index < -0.39 is 0 Å². The number of hydrogen-bond donors (Lipinski definition) is 2. The van der Waals surface area contributed by atoms with Gasteiger partial charge in [0.25, 0.3) is 0 Å². The van der Waals surface area contributed by atoms with Crippen LogP contribution in [0.2, 0.25) is 0 Å². The molecule has 0 aliphatic heterocycles. The molecular formula is C13H21NO4. The molecule has 5 heteroatoms. The monoisotopic (exact) mass is 255 g/mol. The fourth-order valence-electron chi connectivity index (χ4n) is 1.75. The van der Waals surface area contributed by atoms with Crippen LogP contribution in [0.4, 0.5) is 0 Å². The minimum atomic E-state index is -0.322. The van der Waals surface area contributed by atoms with Gasteiger partial charge in [0.05, 0.1) is 13.2 Å². The van der Waals surface area contributed by atoms with Crippen LogP contribution in [0.3, 0.4) is 0 Å². The molecule has 2 N–H and O–H groups in total. The van der Waals surface area contributed by atoms with E-state index in [9.17, 15) is 5.11 Å². The number of aromatic hydroxyl groups is 1. The summed E-state index contributed by atoms with van der Waals surface area (Å²) in [5, 5.41) is 13.2. The summed E-state index contributed by atoms with van der Waals surface area (Å²) in [5.74, 6) is 0.628. The van der Waals surface area contributed by atoms with Crippen LogP contribution >= 0.6 is 0 Å². The molecule has 0 radical (unpaired) electrons. The van der Waals surface area contributed by atoms with E-state index in [1.165, 1.54) is 7.11 Å². The number of phenols is 1. The molecular weight excluding hydrogens is 234 g/mol. The summed E-state index contributed by atoms with van der Waals surface area (Å²) >= 11 is 0. The first-order valence-corrected chi connectivity index (χ1v) is 5.77. The molecule has 0 bridgehead atoms. The van der Waals surface area contributed by atoms with Crippen LogP contribution in [-0.4, -0.2) is 38.8 Å². The number of ether oxygens (including phenoxy) is 3. The molecule has 0 saturated heterocycles. The first-order chi connectivity index (χ1) is 8.63. The Balaban J connectivity index is 2.63. The van der Waals surface area contributed by atoms with Crippen LogP contribution in [-0.2, 0) is 16.0 Å². The standard InChI is InChI=1S/C13H21NO4/c1-9(13(17-3)18-4)14-8-10-6-5-7-11(16-2)12(10)15/h5-7,9,13-15H,8H2,1-4H3. The average Bonchev–Trinajstić information content (AvgIpc) is 2.39. The third kappa shape index (κ3) is 3.60. The van der Waals surface area contributed by atoms with Crippen molar-refractivity contribution in [1.29, 1.82) is 0 Å². The maximum absolute atomic E-state index is 9.93. The molecule has 1 aromatic carbocycles. The van der Waals surface area contributed by atoms with Gasteiger partial charge >= 0.3 is 0 Å². The average molecular weight is 255 g/mol. The smallest absolute Gasteiger partial charge is 0.171 e. The van der Waals surface area contributed by atoms with Gasteiger partial charge in [0.1, 0.15) is 0 Å². The number of benzene rings is 1. The van der Waals surface area contributed by atoms with E-state index >= 15 is 0 Å². The second-order valence-electron chi connectivity index (χ2n) is 3.98. The normalized spacial score (nSPS) is 12.7. The van der Waals surface area contributed by atoms with Crippen molar-refractivity contribution < 1.29 is 19.3 Å². The van der Waals surface area contributed by atoms with E-state index in [1.807, 2.05) is 19.1 Å². The highest BCUT2D eigenvalue weighted by molar-refractivity contribution is 5.45. The van der Waals surface area contributed by atoms with Crippen molar-refractivity contribution >= 4 is 0 Å². The van der Waals surface area contributed by atoms with Gasteiger partial charge in [-0.15, -0.1) is 0 Å². The van der Waals surface area contributed by atoms with Crippen molar-refractivity contribution in [3.05, 3.63) is 23.8 Å². The van der Waals surface area contributed by atoms with Crippen LogP contribution in [0.5, 0.6) is 11.5 Å². The maximum atomic E-state index is 9.93. The van der Waals surface area contributed by atoms with E-state index in [0.717, 1.165) is 5.56 Å². The van der Waals surface area contributed by atoms with E-state index in [2.05, 4.69) is 5.32 Å². The van der Waals surface area contributed by atoms with Crippen LogP contribution in [0.25, 0.3) is 0 Å². The number of para-hydroxylation sites is 1. The van der Waals surface area contributed by atoms with Crippen molar-refractivity contribution in [2.24, 2.45) is 0 Å². The Kier molecular flexibility index (Phi) is 5.91. The summed E-state index contributed by atoms with van der Waals surface area (Å²) in [7, 11) is 4.71. The van der Waals surface area contributed by atoms with Crippen LogP contribution < -0.4 is 10.1 Å². The van der Waals surface area contributed by atoms with Crippen LogP contribution in [0.1, 0.15) is 12.5 Å². The van der Waals surface area contributed by atoms with Crippen molar-refractivity contribution in [3.8, 4) is 11.5 Å². The fraction of sp³-hybridized carbons (Fsp3) is 0.538. The Hall–Kier alpha value is -1.30. The predicted octanol–water partition coefficient (Wildman–Crippen LogP) is 1.50. The van der Waals surface area contributed by atoms with Crippen molar-refractivity contribution in [2.75, 3.05) is 21.3 Å². The van der Waals surface area contributed by atoms with Gasteiger partial charge in [-0.2, -0.15) is 0 Å². The van der Waals surface area contributed by atoms with Crippen LogP contribution in [0.15, 0.2) is 18.2 Å². The SMILES string of the molecule is COc1cccc(CNC(C)C(OC)OC)c1O. The Labute approximate surface area is 108 Å². The number of rotatable bonds is 7. The highest BCUT2D eigenvalue weighted by Gasteiger charge is 2.16. The lowest BCUT2D eigenvalue weighted by Crippen LogP contribution is -2.39. The third-order valence-electron chi connectivity index (χ3n) is 2.79. The van der Waals surface area contributed by atoms with Gasteiger partial charge in [0.15, 0.2) is 17.8 Å². The molecule has 102 valence electrons.